The highest BCUT2D eigenvalue weighted by molar-refractivity contribution is 7.80. The van der Waals surface area contributed by atoms with Gasteiger partial charge in [0.2, 0.25) is 0 Å². The van der Waals surface area contributed by atoms with Gasteiger partial charge in [-0.1, -0.05) is 74.2 Å². The molecule has 0 nitrogen and oxygen atoms in total. The summed E-state index contributed by atoms with van der Waals surface area (Å²) in [4.78, 5) is 0. The normalized spacial score (nSPS) is 9.94. The van der Waals surface area contributed by atoms with Gasteiger partial charge in [0.15, 0.2) is 0 Å². The third-order valence-electron chi connectivity index (χ3n) is 2.92. The number of fused-ring (bicyclic) bond motifs is 1. The lowest BCUT2D eigenvalue weighted by Crippen LogP contribution is -1.74. The largest absolute Gasteiger partial charge is 0.179 e. The molecule has 0 N–H and O–H groups in total. The molecule has 0 aromatic heterocycles. The zero-order valence-electron chi connectivity index (χ0n) is 11.5. The van der Waals surface area contributed by atoms with Crippen molar-refractivity contribution in [2.45, 2.75) is 39.5 Å². The summed E-state index contributed by atoms with van der Waals surface area (Å²) in [6, 6.07) is 14.9. The second-order valence-corrected chi connectivity index (χ2v) is 5.08. The number of unbranched alkanes of at least 4 members (excludes halogenated alkanes) is 3. The molecule has 0 fully saturated rings. The van der Waals surface area contributed by atoms with Crippen LogP contribution < -0.4 is 0 Å². The van der Waals surface area contributed by atoms with Gasteiger partial charge in [0, 0.05) is 0 Å². The van der Waals surface area contributed by atoms with Crippen LogP contribution in [0.5, 0.6) is 0 Å². The minimum atomic E-state index is 1.06. The Morgan fingerprint density at radius 3 is 2.28 bits per heavy atom. The van der Waals surface area contributed by atoms with Crippen LogP contribution in [0.2, 0.25) is 0 Å². The van der Waals surface area contributed by atoms with Crippen molar-refractivity contribution in [3.63, 3.8) is 0 Å². The predicted octanol–water partition coefficient (Wildman–Crippen LogP) is 5.64. The zero-order valence-corrected chi connectivity index (χ0v) is 12.4. The molecule has 2 aromatic carbocycles. The van der Waals surface area contributed by atoms with Crippen LogP contribution >= 0.6 is 12.6 Å². The molecule has 0 amide bonds. The lowest BCUT2D eigenvalue weighted by Gasteiger charge is -1.96. The van der Waals surface area contributed by atoms with Gasteiger partial charge >= 0.3 is 0 Å². The molecule has 0 unspecified atom stereocenters. The number of aryl methyl sites for hydroxylation is 1. The van der Waals surface area contributed by atoms with Gasteiger partial charge in [-0.3, -0.25) is 0 Å². The van der Waals surface area contributed by atoms with Crippen molar-refractivity contribution in [2.75, 3.05) is 5.75 Å². The minimum absolute atomic E-state index is 1.06. The zero-order chi connectivity index (χ0) is 13.2. The summed E-state index contributed by atoms with van der Waals surface area (Å²) >= 11 is 4.09. The first-order chi connectivity index (χ1) is 8.77. The summed E-state index contributed by atoms with van der Waals surface area (Å²) in [6.45, 7) is 4.34. The van der Waals surface area contributed by atoms with E-state index in [0.717, 1.165) is 5.75 Å². The molecule has 0 aliphatic heterocycles. The number of rotatable bonds is 4. The second kappa shape index (κ2) is 9.04. The van der Waals surface area contributed by atoms with E-state index in [2.05, 4.69) is 68.9 Å². The van der Waals surface area contributed by atoms with E-state index in [-0.39, 0.29) is 0 Å². The number of thiol groups is 1. The van der Waals surface area contributed by atoms with Gasteiger partial charge in [-0.2, -0.15) is 12.6 Å². The standard InChI is InChI=1S/C11H10.C6H14S/c1-9-6-7-10-4-2-3-5-11(10)8-9;1-2-3-4-5-6-7/h2-8H,1H3;7H,2-6H2,1H3. The number of benzene rings is 2. The van der Waals surface area contributed by atoms with E-state index in [1.807, 2.05) is 0 Å². The summed E-state index contributed by atoms with van der Waals surface area (Å²) in [5.74, 6) is 1.06. The third kappa shape index (κ3) is 5.59. The molecule has 2 rings (SSSR count). The monoisotopic (exact) mass is 260 g/mol. The van der Waals surface area contributed by atoms with Crippen LogP contribution in [0.4, 0.5) is 0 Å². The van der Waals surface area contributed by atoms with Crippen molar-refractivity contribution in [3.8, 4) is 0 Å². The molecule has 0 bridgehead atoms. The fourth-order valence-electron chi connectivity index (χ4n) is 1.85. The molecule has 1 heteroatoms. The van der Waals surface area contributed by atoms with Crippen LogP contribution in [0.1, 0.15) is 38.2 Å². The number of hydrogen-bond donors (Lipinski definition) is 1. The van der Waals surface area contributed by atoms with E-state index in [9.17, 15) is 0 Å². The van der Waals surface area contributed by atoms with Gasteiger partial charge in [-0.25, -0.2) is 0 Å². The Bertz CT molecular complexity index is 444. The fraction of sp³-hybridized carbons (Fsp3) is 0.412. The molecule has 2 aromatic rings. The number of hydrogen-bond acceptors (Lipinski definition) is 1. The van der Waals surface area contributed by atoms with Crippen molar-refractivity contribution in [2.24, 2.45) is 0 Å². The van der Waals surface area contributed by atoms with E-state index in [1.54, 1.807) is 0 Å². The Hall–Kier alpha value is -0.950. The van der Waals surface area contributed by atoms with Crippen LogP contribution in [0.3, 0.4) is 0 Å². The summed E-state index contributed by atoms with van der Waals surface area (Å²) in [5, 5.41) is 2.64. The molecule has 0 atom stereocenters. The SMILES string of the molecule is CCCCCCS.Cc1ccc2ccccc2c1. The Morgan fingerprint density at radius 2 is 1.61 bits per heavy atom. The molecule has 0 aliphatic rings. The third-order valence-corrected chi connectivity index (χ3v) is 3.23. The van der Waals surface area contributed by atoms with E-state index in [4.69, 9.17) is 0 Å². The topological polar surface area (TPSA) is 0 Å². The van der Waals surface area contributed by atoms with Gasteiger partial charge in [0.25, 0.3) is 0 Å². The van der Waals surface area contributed by atoms with Gasteiger partial charge < -0.3 is 0 Å². The maximum Gasteiger partial charge on any atom is -0.00979 e. The van der Waals surface area contributed by atoms with Gasteiger partial charge in [0.05, 0.1) is 0 Å². The molecule has 0 heterocycles. The van der Waals surface area contributed by atoms with Gasteiger partial charge in [0.1, 0.15) is 0 Å². The molecule has 0 aliphatic carbocycles. The Labute approximate surface area is 117 Å². The van der Waals surface area contributed by atoms with E-state index in [0.29, 0.717) is 0 Å². The quantitative estimate of drug-likeness (QED) is 0.533. The molecule has 18 heavy (non-hydrogen) atoms. The highest BCUT2D eigenvalue weighted by Crippen LogP contribution is 2.14. The highest BCUT2D eigenvalue weighted by atomic mass is 32.1. The molecule has 0 saturated carbocycles. The molecule has 0 radical (unpaired) electrons. The smallest absolute Gasteiger partial charge is 0.00979 e. The van der Waals surface area contributed by atoms with Crippen LogP contribution in [-0.4, -0.2) is 5.75 Å². The molecule has 0 saturated heterocycles. The average molecular weight is 260 g/mol. The molecule has 98 valence electrons. The summed E-state index contributed by atoms with van der Waals surface area (Å²) in [7, 11) is 0. The highest BCUT2D eigenvalue weighted by Gasteiger charge is 1.89. The van der Waals surface area contributed by atoms with Crippen molar-refractivity contribution in [3.05, 3.63) is 48.0 Å². The van der Waals surface area contributed by atoms with E-state index >= 15 is 0 Å². The van der Waals surface area contributed by atoms with Crippen LogP contribution in [0.15, 0.2) is 42.5 Å². The fourth-order valence-corrected chi connectivity index (χ4v) is 2.07. The van der Waals surface area contributed by atoms with E-state index < -0.39 is 0 Å². The van der Waals surface area contributed by atoms with Crippen LogP contribution in [0, 0.1) is 6.92 Å². The average Bonchev–Trinajstić information content (AvgIpc) is 2.40. The Morgan fingerprint density at radius 1 is 0.889 bits per heavy atom. The first kappa shape index (κ1) is 15.1. The van der Waals surface area contributed by atoms with Gasteiger partial charge in [-0.15, -0.1) is 0 Å². The minimum Gasteiger partial charge on any atom is -0.179 e. The second-order valence-electron chi connectivity index (χ2n) is 4.63. The van der Waals surface area contributed by atoms with Crippen LogP contribution in [-0.2, 0) is 0 Å². The first-order valence-corrected chi connectivity index (χ1v) is 7.47. The van der Waals surface area contributed by atoms with Crippen molar-refractivity contribution in [1.29, 1.82) is 0 Å². The summed E-state index contributed by atoms with van der Waals surface area (Å²) in [5.41, 5.74) is 1.32. The lowest BCUT2D eigenvalue weighted by atomic mass is 10.1. The van der Waals surface area contributed by atoms with Gasteiger partial charge in [-0.05, 0) is 29.9 Å². The van der Waals surface area contributed by atoms with Crippen molar-refractivity contribution >= 4 is 23.4 Å². The molecular weight excluding hydrogens is 236 g/mol. The molecular formula is C17H24S. The van der Waals surface area contributed by atoms with Crippen molar-refractivity contribution in [1.82, 2.24) is 0 Å². The first-order valence-electron chi connectivity index (χ1n) is 6.84. The lowest BCUT2D eigenvalue weighted by molar-refractivity contribution is 0.707. The Balaban J connectivity index is 0.000000203. The molecule has 0 spiro atoms. The summed E-state index contributed by atoms with van der Waals surface area (Å²) < 4.78 is 0. The predicted molar refractivity (Wildman–Crippen MR) is 86.7 cm³/mol. The van der Waals surface area contributed by atoms with E-state index in [1.165, 1.54) is 42.0 Å². The summed E-state index contributed by atoms with van der Waals surface area (Å²) in [6.07, 6.45) is 5.35. The van der Waals surface area contributed by atoms with Crippen LogP contribution in [0.25, 0.3) is 10.8 Å². The maximum atomic E-state index is 4.09. The Kier molecular flexibility index (Phi) is 7.59. The van der Waals surface area contributed by atoms with Crippen molar-refractivity contribution < 1.29 is 0 Å². The maximum absolute atomic E-state index is 4.09.